The normalized spacial score (nSPS) is 17.2. The van der Waals surface area contributed by atoms with E-state index in [4.69, 9.17) is 9.47 Å². The SMILES string of the molecule is CC[C@@H]1C[C@@H](C(=O)Nc2ccc(C(=O)OC(C)(C)C)cc2)n2c1ncc(NC(=O)OC(C)(C)C)c2=O. The van der Waals surface area contributed by atoms with Gasteiger partial charge in [0.15, 0.2) is 0 Å². The molecule has 10 heteroatoms. The first-order valence-electron chi connectivity index (χ1n) is 11.9. The highest BCUT2D eigenvalue weighted by Gasteiger charge is 2.37. The van der Waals surface area contributed by atoms with Gasteiger partial charge < -0.3 is 14.8 Å². The maximum atomic E-state index is 13.2. The topological polar surface area (TPSA) is 129 Å². The van der Waals surface area contributed by atoms with Gasteiger partial charge in [-0.3, -0.25) is 19.5 Å². The first-order chi connectivity index (χ1) is 16.7. The van der Waals surface area contributed by atoms with Crippen LogP contribution in [-0.2, 0) is 14.3 Å². The third-order valence-electron chi connectivity index (χ3n) is 5.42. The third-order valence-corrected chi connectivity index (χ3v) is 5.42. The summed E-state index contributed by atoms with van der Waals surface area (Å²) in [6.07, 6.45) is 1.62. The molecule has 36 heavy (non-hydrogen) atoms. The van der Waals surface area contributed by atoms with E-state index in [0.717, 1.165) is 0 Å². The Bertz CT molecular complexity index is 1200. The van der Waals surface area contributed by atoms with E-state index in [1.807, 2.05) is 6.92 Å². The largest absolute Gasteiger partial charge is 0.456 e. The quantitative estimate of drug-likeness (QED) is 0.575. The summed E-state index contributed by atoms with van der Waals surface area (Å²) in [7, 11) is 0. The lowest BCUT2D eigenvalue weighted by atomic mass is 10.0. The van der Waals surface area contributed by atoms with Crippen LogP contribution in [0, 0.1) is 0 Å². The molecule has 10 nitrogen and oxygen atoms in total. The second-order valence-electron chi connectivity index (χ2n) is 10.8. The Kier molecular flexibility index (Phi) is 7.56. The fourth-order valence-electron chi connectivity index (χ4n) is 3.89. The van der Waals surface area contributed by atoms with Gasteiger partial charge >= 0.3 is 12.1 Å². The van der Waals surface area contributed by atoms with Crippen LogP contribution >= 0.6 is 0 Å². The summed E-state index contributed by atoms with van der Waals surface area (Å²) in [4.78, 5) is 55.3. The fourth-order valence-corrected chi connectivity index (χ4v) is 3.89. The molecule has 1 aliphatic rings. The van der Waals surface area contributed by atoms with Crippen LogP contribution in [0.4, 0.5) is 16.2 Å². The van der Waals surface area contributed by atoms with E-state index in [0.29, 0.717) is 29.9 Å². The van der Waals surface area contributed by atoms with E-state index < -0.39 is 40.8 Å². The van der Waals surface area contributed by atoms with Crippen LogP contribution in [0.15, 0.2) is 35.3 Å². The number of anilines is 2. The molecule has 0 saturated carbocycles. The van der Waals surface area contributed by atoms with E-state index in [1.165, 1.54) is 10.8 Å². The maximum absolute atomic E-state index is 13.2. The van der Waals surface area contributed by atoms with Crippen LogP contribution in [0.5, 0.6) is 0 Å². The molecule has 2 atom stereocenters. The highest BCUT2D eigenvalue weighted by molar-refractivity contribution is 5.95. The number of rotatable bonds is 5. The van der Waals surface area contributed by atoms with Gasteiger partial charge in [-0.15, -0.1) is 0 Å². The van der Waals surface area contributed by atoms with E-state index in [1.54, 1.807) is 65.8 Å². The smallest absolute Gasteiger partial charge is 0.412 e. The number of fused-ring (bicyclic) bond motifs is 1. The molecule has 1 aromatic carbocycles. The summed E-state index contributed by atoms with van der Waals surface area (Å²) in [6, 6.07) is 5.53. The molecule has 0 saturated heterocycles. The van der Waals surface area contributed by atoms with Gasteiger partial charge in [0.05, 0.1) is 11.8 Å². The van der Waals surface area contributed by atoms with Crippen LogP contribution in [-0.4, -0.2) is 38.7 Å². The third kappa shape index (κ3) is 6.50. The molecule has 0 radical (unpaired) electrons. The van der Waals surface area contributed by atoms with Gasteiger partial charge in [-0.05, 0) is 78.6 Å². The second-order valence-corrected chi connectivity index (χ2v) is 10.8. The summed E-state index contributed by atoms with van der Waals surface area (Å²) in [5, 5.41) is 5.25. The molecule has 1 aliphatic heterocycles. The minimum Gasteiger partial charge on any atom is -0.456 e. The van der Waals surface area contributed by atoms with Crippen molar-refractivity contribution in [2.45, 2.75) is 84.5 Å². The van der Waals surface area contributed by atoms with Crippen molar-refractivity contribution in [3.05, 3.63) is 52.2 Å². The van der Waals surface area contributed by atoms with Crippen molar-refractivity contribution in [2.24, 2.45) is 0 Å². The molecule has 2 N–H and O–H groups in total. The molecule has 0 unspecified atom stereocenters. The average molecular weight is 499 g/mol. The van der Waals surface area contributed by atoms with E-state index in [9.17, 15) is 19.2 Å². The van der Waals surface area contributed by atoms with Crippen molar-refractivity contribution >= 4 is 29.3 Å². The van der Waals surface area contributed by atoms with Gasteiger partial charge in [-0.2, -0.15) is 0 Å². The van der Waals surface area contributed by atoms with Crippen LogP contribution in [0.2, 0.25) is 0 Å². The second kappa shape index (κ2) is 10.1. The van der Waals surface area contributed by atoms with Crippen LogP contribution < -0.4 is 16.2 Å². The summed E-state index contributed by atoms with van der Waals surface area (Å²) in [6.45, 7) is 12.5. The number of nitrogens with one attached hydrogen (secondary N) is 2. The molecule has 3 rings (SSSR count). The van der Waals surface area contributed by atoms with Gasteiger partial charge in [-0.25, -0.2) is 14.6 Å². The number of carbonyl (C=O) groups excluding carboxylic acids is 3. The minimum atomic E-state index is -0.809. The van der Waals surface area contributed by atoms with Crippen LogP contribution in [0.25, 0.3) is 0 Å². The first kappa shape index (κ1) is 26.9. The number of aromatic nitrogens is 2. The van der Waals surface area contributed by atoms with Gasteiger partial charge in [0.1, 0.15) is 28.8 Å². The predicted molar refractivity (Wildman–Crippen MR) is 135 cm³/mol. The molecule has 2 amide bonds. The zero-order chi connectivity index (χ0) is 26.8. The van der Waals surface area contributed by atoms with Gasteiger partial charge in [-0.1, -0.05) is 6.92 Å². The standard InChI is InChI=1S/C26H34N4O6/c1-8-15-13-19(21(31)28-17-11-9-16(10-12-17)23(33)35-25(2,3)4)30-20(15)27-14-18(22(30)32)29-24(34)36-26(5,6)7/h9-12,14-15,19H,8,13H2,1-7H3,(H,28,31)(H,29,34)/t15-,19+/m1/s1. The molecule has 2 aromatic rings. The molecule has 1 aromatic heterocycles. The molecule has 0 aliphatic carbocycles. The van der Waals surface area contributed by atoms with Gasteiger partial charge in [0, 0.05) is 11.6 Å². The fraction of sp³-hybridized carbons (Fsp3) is 0.500. The number of amides is 2. The Balaban J connectivity index is 1.80. The van der Waals surface area contributed by atoms with E-state index in [2.05, 4.69) is 15.6 Å². The lowest BCUT2D eigenvalue weighted by molar-refractivity contribution is -0.119. The maximum Gasteiger partial charge on any atom is 0.412 e. The Morgan fingerprint density at radius 2 is 1.61 bits per heavy atom. The average Bonchev–Trinajstić information content (AvgIpc) is 3.13. The summed E-state index contributed by atoms with van der Waals surface area (Å²) < 4.78 is 11.9. The molecular weight excluding hydrogens is 464 g/mol. The number of hydrogen-bond donors (Lipinski definition) is 2. The number of benzene rings is 1. The number of carbonyl (C=O) groups is 3. The lowest BCUT2D eigenvalue weighted by Gasteiger charge is -2.20. The number of nitrogens with zero attached hydrogens (tertiary/aromatic N) is 2. The Labute approximate surface area is 210 Å². The van der Waals surface area contributed by atoms with Crippen LogP contribution in [0.3, 0.4) is 0 Å². The first-order valence-corrected chi connectivity index (χ1v) is 11.9. The summed E-state index contributed by atoms with van der Waals surface area (Å²) in [5.74, 6) is -0.440. The zero-order valence-corrected chi connectivity index (χ0v) is 21.8. The molecule has 0 fully saturated rings. The van der Waals surface area contributed by atoms with E-state index >= 15 is 0 Å². The lowest BCUT2D eigenvalue weighted by Crippen LogP contribution is -2.35. The van der Waals surface area contributed by atoms with Crippen molar-refractivity contribution in [1.82, 2.24) is 9.55 Å². The van der Waals surface area contributed by atoms with Crippen LogP contribution in [0.1, 0.15) is 89.4 Å². The van der Waals surface area contributed by atoms with Crippen molar-refractivity contribution in [3.8, 4) is 0 Å². The predicted octanol–water partition coefficient (Wildman–Crippen LogP) is 4.62. The highest BCUT2D eigenvalue weighted by Crippen LogP contribution is 2.36. The van der Waals surface area contributed by atoms with Gasteiger partial charge in [0.25, 0.3) is 5.56 Å². The van der Waals surface area contributed by atoms with Crippen molar-refractivity contribution < 1.29 is 23.9 Å². The molecule has 0 bridgehead atoms. The van der Waals surface area contributed by atoms with Crippen molar-refractivity contribution in [2.75, 3.05) is 10.6 Å². The van der Waals surface area contributed by atoms with Gasteiger partial charge in [0.2, 0.25) is 5.91 Å². The number of ether oxygens (including phenoxy) is 2. The van der Waals surface area contributed by atoms with Crippen molar-refractivity contribution in [1.29, 1.82) is 0 Å². The highest BCUT2D eigenvalue weighted by atomic mass is 16.6. The number of esters is 1. The molecule has 2 heterocycles. The molecule has 194 valence electrons. The molecular formula is C26H34N4O6. The Hall–Kier alpha value is -3.69. The monoisotopic (exact) mass is 498 g/mol. The zero-order valence-electron chi connectivity index (χ0n) is 21.8. The molecule has 0 spiro atoms. The van der Waals surface area contributed by atoms with E-state index in [-0.39, 0.29) is 11.6 Å². The number of hydrogen-bond acceptors (Lipinski definition) is 7. The summed E-state index contributed by atoms with van der Waals surface area (Å²) in [5.41, 5.74) is -1.12. The summed E-state index contributed by atoms with van der Waals surface area (Å²) >= 11 is 0. The Morgan fingerprint density at radius 3 is 2.17 bits per heavy atom. The Morgan fingerprint density at radius 1 is 1.00 bits per heavy atom. The minimum absolute atomic E-state index is 0.0655. The van der Waals surface area contributed by atoms with Crippen molar-refractivity contribution in [3.63, 3.8) is 0 Å².